The van der Waals surface area contributed by atoms with Gasteiger partial charge in [-0.25, -0.2) is 4.79 Å². The third-order valence-electron chi connectivity index (χ3n) is 7.75. The largest absolute Gasteiger partial charge is 0.456 e. The maximum atomic E-state index is 13.1. The fourth-order valence-electron chi connectivity index (χ4n) is 5.65. The second kappa shape index (κ2) is 24.1. The van der Waals surface area contributed by atoms with Crippen molar-refractivity contribution in [2.24, 2.45) is 5.92 Å². The van der Waals surface area contributed by atoms with Crippen molar-refractivity contribution in [3.63, 3.8) is 0 Å². The van der Waals surface area contributed by atoms with Crippen LogP contribution in [0.1, 0.15) is 71.6 Å². The van der Waals surface area contributed by atoms with Gasteiger partial charge in [0.05, 0.1) is 26.4 Å². The van der Waals surface area contributed by atoms with Crippen LogP contribution in [0.4, 0.5) is 9.59 Å². The number of rotatable bonds is 26. The Balaban J connectivity index is 2.12. The van der Waals surface area contributed by atoms with Gasteiger partial charge in [0.25, 0.3) is 5.24 Å². The molecule has 5 amide bonds. The normalized spacial score (nSPS) is 16.8. The van der Waals surface area contributed by atoms with Gasteiger partial charge in [0, 0.05) is 49.0 Å². The highest BCUT2D eigenvalue weighted by Gasteiger charge is 2.41. The highest BCUT2D eigenvalue weighted by molar-refractivity contribution is 8.13. The Bertz CT molecular complexity index is 944. The second-order valence-electron chi connectivity index (χ2n) is 14.0. The van der Waals surface area contributed by atoms with Crippen LogP contribution in [-0.4, -0.2) is 108 Å². The summed E-state index contributed by atoms with van der Waals surface area (Å²) >= 11 is 5.29. The van der Waals surface area contributed by atoms with Gasteiger partial charge in [0.1, 0.15) is 0 Å². The number of nitrogens with one attached hydrogen (secondary N) is 3. The molecule has 0 saturated carbocycles. The molecule has 3 unspecified atom stereocenters. The Hall–Kier alpha value is -1.11. The zero-order valence-electron chi connectivity index (χ0n) is 30.1. The molecule has 1 aliphatic heterocycles. The van der Waals surface area contributed by atoms with Crippen molar-refractivity contribution < 1.29 is 32.8 Å². The van der Waals surface area contributed by atoms with Crippen LogP contribution >= 0.6 is 24.4 Å². The molecule has 274 valence electrons. The number of thioether (sulfide) groups is 1. The van der Waals surface area contributed by atoms with Gasteiger partial charge in [-0.05, 0) is 84.7 Å². The number of unbranched alkanes of at least 4 members (excludes halogenated alkanes) is 3. The van der Waals surface area contributed by atoms with Gasteiger partial charge < -0.3 is 29.5 Å². The minimum atomic E-state index is -1.77. The van der Waals surface area contributed by atoms with E-state index in [1.807, 2.05) is 13.8 Å². The minimum Gasteiger partial charge on any atom is -0.456 e. The Kier molecular flexibility index (Phi) is 22.5. The van der Waals surface area contributed by atoms with Gasteiger partial charge in [-0.15, -0.1) is 0 Å². The van der Waals surface area contributed by atoms with Gasteiger partial charge >= 0.3 is 6.03 Å². The molecule has 0 aromatic rings. The molecule has 0 spiro atoms. The lowest BCUT2D eigenvalue weighted by Crippen LogP contribution is -2.43. The summed E-state index contributed by atoms with van der Waals surface area (Å²) in [7, 11) is -3.36. The monoisotopic (exact) mass is 736 g/mol. The highest BCUT2D eigenvalue weighted by atomic mass is 32.2. The molecule has 3 N–H and O–H groups in total. The Morgan fingerprint density at radius 2 is 1.55 bits per heavy atom. The van der Waals surface area contributed by atoms with Crippen LogP contribution < -0.4 is 16.0 Å². The van der Waals surface area contributed by atoms with Crippen molar-refractivity contribution in [2.45, 2.75) is 122 Å². The fraction of sp³-hybridized carbons (Fsp3) is 0.875. The van der Waals surface area contributed by atoms with E-state index >= 15 is 0 Å². The molecule has 1 saturated heterocycles. The Morgan fingerprint density at radius 3 is 2.19 bits per heavy atom. The molecule has 11 nitrogen and oxygen atoms in total. The van der Waals surface area contributed by atoms with Crippen molar-refractivity contribution >= 4 is 64.1 Å². The first-order valence-corrected chi connectivity index (χ1v) is 25.6. The first-order valence-electron chi connectivity index (χ1n) is 17.4. The quantitative estimate of drug-likeness (QED) is 0.0367. The molecule has 3 atom stereocenters. The van der Waals surface area contributed by atoms with Crippen molar-refractivity contribution in [2.75, 3.05) is 51.0 Å². The number of carbonyl (C=O) groups excluding carboxylic acids is 4. The maximum Gasteiger partial charge on any atom is 0.314 e. The minimum absolute atomic E-state index is 0.0375. The summed E-state index contributed by atoms with van der Waals surface area (Å²) in [6.45, 7) is 18.4. The Labute approximate surface area is 296 Å². The van der Waals surface area contributed by atoms with E-state index in [0.717, 1.165) is 44.6 Å². The lowest BCUT2D eigenvalue weighted by molar-refractivity contribution is -0.141. The first kappa shape index (κ1) is 43.9. The molecule has 1 rings (SSSR count). The lowest BCUT2D eigenvalue weighted by Gasteiger charge is -2.31. The fourth-order valence-corrected chi connectivity index (χ4v) is 14.5. The zero-order valence-corrected chi connectivity index (χ0v) is 33.8. The van der Waals surface area contributed by atoms with E-state index in [1.165, 1.54) is 16.7 Å². The predicted octanol–water partition coefficient (Wildman–Crippen LogP) is 6.02. The van der Waals surface area contributed by atoms with Gasteiger partial charge in [-0.2, -0.15) is 12.6 Å². The first-order chi connectivity index (χ1) is 22.1. The van der Waals surface area contributed by atoms with E-state index < -0.39 is 16.6 Å². The van der Waals surface area contributed by atoms with E-state index in [0.29, 0.717) is 70.3 Å². The van der Waals surface area contributed by atoms with Crippen molar-refractivity contribution in [3.05, 3.63) is 0 Å². The summed E-state index contributed by atoms with van der Waals surface area (Å²) in [5.74, 6) is 0.951. The van der Waals surface area contributed by atoms with E-state index in [4.69, 9.17) is 13.6 Å². The summed E-state index contributed by atoms with van der Waals surface area (Å²) in [6.07, 6.45) is 6.95. The lowest BCUT2D eigenvalue weighted by atomic mass is 10.0. The number of ether oxygens (including phenoxy) is 2. The van der Waals surface area contributed by atoms with Crippen LogP contribution in [0, 0.1) is 5.92 Å². The molecule has 15 heteroatoms. The zero-order chi connectivity index (χ0) is 35.3. The van der Waals surface area contributed by atoms with E-state index in [1.54, 1.807) is 0 Å². The summed E-state index contributed by atoms with van der Waals surface area (Å²) in [4.78, 5) is 51.5. The van der Waals surface area contributed by atoms with Crippen LogP contribution in [0.2, 0.25) is 38.8 Å². The maximum absolute atomic E-state index is 13.1. The van der Waals surface area contributed by atoms with Crippen LogP contribution in [0.3, 0.4) is 0 Å². The molecule has 0 bridgehead atoms. The van der Waals surface area contributed by atoms with Gasteiger partial charge in [-0.3, -0.25) is 19.3 Å². The summed E-state index contributed by atoms with van der Waals surface area (Å²) in [5, 5.41) is 8.74. The van der Waals surface area contributed by atoms with E-state index in [9.17, 15) is 19.2 Å². The van der Waals surface area contributed by atoms with Gasteiger partial charge in [0.15, 0.2) is 16.6 Å². The van der Waals surface area contributed by atoms with E-state index in [-0.39, 0.29) is 41.1 Å². The number of thiol groups is 1. The second-order valence-corrected chi connectivity index (χ2v) is 24.6. The molecular formula is C32H64N4O7S2Si2. The average Bonchev–Trinajstić information content (AvgIpc) is 3.25. The highest BCUT2D eigenvalue weighted by Crippen LogP contribution is 2.30. The summed E-state index contributed by atoms with van der Waals surface area (Å²) in [5.41, 5.74) is 0. The number of amides is 5. The topological polar surface area (TPSA) is 135 Å². The van der Waals surface area contributed by atoms with Crippen LogP contribution in [0.15, 0.2) is 0 Å². The molecule has 47 heavy (non-hydrogen) atoms. The molecule has 0 aromatic carbocycles. The molecule has 0 aliphatic carbocycles. The van der Waals surface area contributed by atoms with Crippen molar-refractivity contribution in [1.82, 2.24) is 20.9 Å². The molecular weight excluding hydrogens is 673 g/mol. The molecule has 1 heterocycles. The van der Waals surface area contributed by atoms with Gasteiger partial charge in [-0.1, -0.05) is 31.0 Å². The number of carbonyl (C=O) groups is 4. The summed E-state index contributed by atoms with van der Waals surface area (Å²) in [6, 6.07) is 0.525. The van der Waals surface area contributed by atoms with Gasteiger partial charge in [0.2, 0.25) is 11.8 Å². The third-order valence-corrected chi connectivity index (χ3v) is 14.9. The molecule has 0 aromatic heterocycles. The smallest absolute Gasteiger partial charge is 0.314 e. The number of hydrogen-bond donors (Lipinski definition) is 4. The molecule has 1 aliphatic rings. The molecule has 1 fully saturated rings. The van der Waals surface area contributed by atoms with Crippen LogP contribution in [-0.2, 0) is 23.2 Å². The van der Waals surface area contributed by atoms with Crippen LogP contribution in [0.5, 0.6) is 0 Å². The number of urea groups is 1. The summed E-state index contributed by atoms with van der Waals surface area (Å²) < 4.78 is 17.1. The molecule has 0 radical (unpaired) electrons. The number of hydrogen-bond acceptors (Lipinski definition) is 9. The van der Waals surface area contributed by atoms with Crippen molar-refractivity contribution in [1.29, 1.82) is 0 Å². The van der Waals surface area contributed by atoms with Crippen molar-refractivity contribution in [3.8, 4) is 0 Å². The standard InChI is InChI=1S/C32H64N4O7S2Si2/c1-26(14-15-27(2)36-29(37)25-28(30(36)38)13-12-24-47(6,7)43-46(3,4)5)35-31(39)33-16-10-8-9-11-17-34-32(40)45-23-21-42-19-18-41-20-22-44/h26-28,44H,8-25H2,1-7H3,(H,34,40)(H2,33,35,39). The number of likely N-dealkylation sites (tertiary alicyclic amines) is 1. The SMILES string of the molecule is CC(CCC(C)N1C(=O)CC(CCC[Si](C)(C)O[Si](C)(C)C)C1=O)NC(=O)NCCCCCCNC(=O)SCCOCCOCCS. The number of nitrogens with zero attached hydrogens (tertiary/aromatic N) is 1. The Morgan fingerprint density at radius 1 is 0.915 bits per heavy atom. The van der Waals surface area contributed by atoms with E-state index in [2.05, 4.69) is 61.3 Å². The van der Waals surface area contributed by atoms with Crippen LogP contribution in [0.25, 0.3) is 0 Å². The number of imide groups is 1. The average molecular weight is 737 g/mol. The third kappa shape index (κ3) is 21.6. The predicted molar refractivity (Wildman–Crippen MR) is 200 cm³/mol.